The van der Waals surface area contributed by atoms with Gasteiger partial charge in [-0.1, -0.05) is 12.1 Å². The maximum atomic E-state index is 11.4. The smallest absolute Gasteiger partial charge is 0.234 e. The SMILES string of the molecule is N#CCSCC(=O)Nc1ccc(CC[O])cc1. The van der Waals surface area contributed by atoms with Gasteiger partial charge in [-0.25, -0.2) is 5.11 Å². The molecule has 0 spiro atoms. The number of carbonyl (C=O) groups is 1. The maximum absolute atomic E-state index is 11.4. The van der Waals surface area contributed by atoms with E-state index in [9.17, 15) is 9.90 Å². The molecule has 0 unspecified atom stereocenters. The Morgan fingerprint density at radius 1 is 1.35 bits per heavy atom. The topological polar surface area (TPSA) is 72.8 Å². The summed E-state index contributed by atoms with van der Waals surface area (Å²) < 4.78 is 0. The molecule has 1 rings (SSSR count). The van der Waals surface area contributed by atoms with Crippen LogP contribution in [-0.4, -0.2) is 24.0 Å². The van der Waals surface area contributed by atoms with E-state index in [4.69, 9.17) is 5.26 Å². The van der Waals surface area contributed by atoms with E-state index < -0.39 is 0 Å². The minimum absolute atomic E-state index is 0.123. The zero-order valence-electron chi connectivity index (χ0n) is 9.31. The van der Waals surface area contributed by atoms with Crippen LogP contribution >= 0.6 is 11.8 Å². The second-order valence-electron chi connectivity index (χ2n) is 3.35. The van der Waals surface area contributed by atoms with Gasteiger partial charge in [0.2, 0.25) is 5.91 Å². The van der Waals surface area contributed by atoms with E-state index in [-0.39, 0.29) is 18.3 Å². The van der Waals surface area contributed by atoms with Crippen molar-refractivity contribution in [3.8, 4) is 6.07 Å². The van der Waals surface area contributed by atoms with Gasteiger partial charge >= 0.3 is 0 Å². The van der Waals surface area contributed by atoms with Crippen LogP contribution in [0.1, 0.15) is 5.56 Å². The quantitative estimate of drug-likeness (QED) is 0.782. The van der Waals surface area contributed by atoms with Crippen molar-refractivity contribution in [2.24, 2.45) is 0 Å². The van der Waals surface area contributed by atoms with Crippen LogP contribution in [0.3, 0.4) is 0 Å². The van der Waals surface area contributed by atoms with Crippen LogP contribution in [0.15, 0.2) is 24.3 Å². The Hall–Kier alpha value is -1.51. The van der Waals surface area contributed by atoms with Crippen LogP contribution < -0.4 is 5.32 Å². The molecule has 0 saturated heterocycles. The maximum Gasteiger partial charge on any atom is 0.234 e. The summed E-state index contributed by atoms with van der Waals surface area (Å²) in [4.78, 5) is 11.4. The highest BCUT2D eigenvalue weighted by molar-refractivity contribution is 8.00. The molecule has 5 heteroatoms. The second-order valence-corrected chi connectivity index (χ2v) is 4.34. The van der Waals surface area contributed by atoms with Crippen molar-refractivity contribution < 1.29 is 9.90 Å². The summed E-state index contributed by atoms with van der Waals surface area (Å²) in [6.45, 7) is -0.128. The molecule has 0 aromatic heterocycles. The number of nitriles is 1. The van der Waals surface area contributed by atoms with Gasteiger partial charge in [-0.15, -0.1) is 11.8 Å². The number of nitrogens with one attached hydrogen (secondary N) is 1. The van der Waals surface area contributed by atoms with Crippen LogP contribution in [0.4, 0.5) is 5.69 Å². The Balaban J connectivity index is 2.40. The highest BCUT2D eigenvalue weighted by Crippen LogP contribution is 2.10. The van der Waals surface area contributed by atoms with Gasteiger partial charge in [0.05, 0.1) is 24.2 Å². The number of thioether (sulfide) groups is 1. The molecule has 0 atom stereocenters. The van der Waals surface area contributed by atoms with Crippen molar-refractivity contribution in [2.75, 3.05) is 23.4 Å². The van der Waals surface area contributed by atoms with Crippen LogP contribution in [-0.2, 0) is 16.3 Å². The molecule has 1 radical (unpaired) electrons. The number of benzene rings is 1. The van der Waals surface area contributed by atoms with Crippen molar-refractivity contribution in [3.05, 3.63) is 29.8 Å². The van der Waals surface area contributed by atoms with Gasteiger partial charge in [0.1, 0.15) is 0 Å². The lowest BCUT2D eigenvalue weighted by molar-refractivity contribution is -0.113. The first-order valence-corrected chi connectivity index (χ1v) is 6.33. The summed E-state index contributed by atoms with van der Waals surface area (Å²) in [7, 11) is 0. The fourth-order valence-corrected chi connectivity index (χ4v) is 1.71. The van der Waals surface area contributed by atoms with Crippen molar-refractivity contribution in [2.45, 2.75) is 6.42 Å². The molecule has 0 aliphatic carbocycles. The van der Waals surface area contributed by atoms with E-state index in [2.05, 4.69) is 5.32 Å². The monoisotopic (exact) mass is 249 g/mol. The number of hydrogen-bond donors (Lipinski definition) is 1. The number of anilines is 1. The minimum Gasteiger partial charge on any atom is -0.325 e. The molecule has 0 heterocycles. The molecule has 0 aliphatic rings. The van der Waals surface area contributed by atoms with Crippen LogP contribution in [0.25, 0.3) is 0 Å². The van der Waals surface area contributed by atoms with E-state index >= 15 is 0 Å². The summed E-state index contributed by atoms with van der Waals surface area (Å²) in [6.07, 6.45) is 0.506. The average Bonchev–Trinajstić information content (AvgIpc) is 2.32. The van der Waals surface area contributed by atoms with E-state index in [1.807, 2.05) is 18.2 Å². The predicted molar refractivity (Wildman–Crippen MR) is 67.3 cm³/mol. The molecular weight excluding hydrogens is 236 g/mol. The van der Waals surface area contributed by atoms with Gasteiger partial charge in [-0.05, 0) is 24.1 Å². The lowest BCUT2D eigenvalue weighted by atomic mass is 10.1. The highest BCUT2D eigenvalue weighted by Gasteiger charge is 2.02. The summed E-state index contributed by atoms with van der Waals surface area (Å²) in [5, 5.41) is 21.5. The van der Waals surface area contributed by atoms with E-state index in [1.165, 1.54) is 11.8 Å². The number of carbonyl (C=O) groups excluding carboxylic acids is 1. The molecule has 0 saturated carbocycles. The molecule has 0 fully saturated rings. The minimum atomic E-state index is -0.128. The largest absolute Gasteiger partial charge is 0.325 e. The van der Waals surface area contributed by atoms with Crippen molar-refractivity contribution >= 4 is 23.4 Å². The first kappa shape index (κ1) is 13.6. The molecule has 4 nitrogen and oxygen atoms in total. The van der Waals surface area contributed by atoms with E-state index in [1.54, 1.807) is 12.1 Å². The summed E-state index contributed by atoms with van der Waals surface area (Å²) in [5.41, 5.74) is 1.68. The van der Waals surface area contributed by atoms with Gasteiger partial charge in [-0.2, -0.15) is 5.26 Å². The van der Waals surface area contributed by atoms with Crippen molar-refractivity contribution in [1.29, 1.82) is 5.26 Å². The molecule has 1 aromatic rings. The lowest BCUT2D eigenvalue weighted by Gasteiger charge is -2.05. The Morgan fingerprint density at radius 2 is 2.06 bits per heavy atom. The number of amides is 1. The number of hydrogen-bond acceptors (Lipinski definition) is 3. The Bertz CT molecular complexity index is 398. The first-order chi connectivity index (χ1) is 8.26. The molecule has 0 bridgehead atoms. The van der Waals surface area contributed by atoms with E-state index in [0.29, 0.717) is 17.9 Å². The Morgan fingerprint density at radius 3 is 2.65 bits per heavy atom. The number of nitrogens with zero attached hydrogens (tertiary/aromatic N) is 1. The fourth-order valence-electron chi connectivity index (χ4n) is 1.26. The summed E-state index contributed by atoms with van der Waals surface area (Å²) in [5.74, 6) is 0.466. The van der Waals surface area contributed by atoms with Crippen molar-refractivity contribution in [3.63, 3.8) is 0 Å². The molecule has 1 amide bonds. The zero-order valence-corrected chi connectivity index (χ0v) is 10.1. The Kier molecular flexibility index (Phi) is 6.15. The molecule has 89 valence electrons. The van der Waals surface area contributed by atoms with Crippen molar-refractivity contribution in [1.82, 2.24) is 0 Å². The molecular formula is C12H13N2O2S. The number of rotatable bonds is 6. The van der Waals surface area contributed by atoms with Gasteiger partial charge in [0.25, 0.3) is 0 Å². The zero-order chi connectivity index (χ0) is 12.5. The van der Waals surface area contributed by atoms with Gasteiger partial charge in [0, 0.05) is 5.69 Å². The second kappa shape index (κ2) is 7.71. The van der Waals surface area contributed by atoms with E-state index in [0.717, 1.165) is 5.56 Å². The summed E-state index contributed by atoms with van der Waals surface area (Å²) in [6, 6.07) is 9.17. The predicted octanol–water partition coefficient (Wildman–Crippen LogP) is 1.85. The normalized spacial score (nSPS) is 9.65. The molecule has 1 N–H and O–H groups in total. The lowest BCUT2D eigenvalue weighted by Crippen LogP contribution is -2.14. The molecule has 17 heavy (non-hydrogen) atoms. The molecule has 0 aliphatic heterocycles. The third kappa shape index (κ3) is 5.38. The summed E-state index contributed by atoms with van der Waals surface area (Å²) >= 11 is 1.28. The third-order valence-corrected chi connectivity index (χ3v) is 2.83. The highest BCUT2D eigenvalue weighted by atomic mass is 32.2. The average molecular weight is 249 g/mol. The molecule has 1 aromatic carbocycles. The van der Waals surface area contributed by atoms with Gasteiger partial charge in [0.15, 0.2) is 0 Å². The third-order valence-electron chi connectivity index (χ3n) is 2.03. The fraction of sp³-hybridized carbons (Fsp3) is 0.333. The van der Waals surface area contributed by atoms with Crippen LogP contribution in [0.5, 0.6) is 0 Å². The first-order valence-electron chi connectivity index (χ1n) is 5.18. The Labute approximate surface area is 105 Å². The van der Waals surface area contributed by atoms with Gasteiger partial charge < -0.3 is 5.32 Å². The standard InChI is InChI=1S/C12H13N2O2S/c13-6-8-17-9-12(16)14-11-3-1-10(2-4-11)5-7-15/h1-4H,5,7-9H2,(H,14,16). The van der Waals surface area contributed by atoms with Crippen LogP contribution in [0.2, 0.25) is 0 Å². The van der Waals surface area contributed by atoms with Crippen LogP contribution in [0, 0.1) is 11.3 Å². The van der Waals surface area contributed by atoms with Gasteiger partial charge in [-0.3, -0.25) is 4.79 Å².